The van der Waals surface area contributed by atoms with Crippen LogP contribution in [0.3, 0.4) is 0 Å². The van der Waals surface area contributed by atoms with Gasteiger partial charge in [0.2, 0.25) is 5.91 Å². The number of carbonyl (C=O) groups is 2. The smallest absolute Gasteiger partial charge is 0.275 e. The van der Waals surface area contributed by atoms with Gasteiger partial charge in [-0.25, -0.2) is 4.98 Å². The summed E-state index contributed by atoms with van der Waals surface area (Å²) in [5.41, 5.74) is 1.43. The molecule has 5 rings (SSSR count). The van der Waals surface area contributed by atoms with Crippen molar-refractivity contribution in [3.63, 3.8) is 0 Å². The van der Waals surface area contributed by atoms with E-state index in [0.717, 1.165) is 5.56 Å². The second kappa shape index (κ2) is 7.20. The second-order valence-corrected chi connectivity index (χ2v) is 7.61. The predicted molar refractivity (Wildman–Crippen MR) is 103 cm³/mol. The van der Waals surface area contributed by atoms with Crippen LogP contribution in [-0.4, -0.2) is 56.0 Å². The molecular weight excluding hydrogens is 370 g/mol. The second-order valence-electron chi connectivity index (χ2n) is 7.61. The summed E-state index contributed by atoms with van der Waals surface area (Å²) < 4.78 is 6.61. The quantitative estimate of drug-likeness (QED) is 0.678. The summed E-state index contributed by atoms with van der Waals surface area (Å²) in [6.07, 6.45) is 6.12. The van der Waals surface area contributed by atoms with Gasteiger partial charge in [-0.3, -0.25) is 14.3 Å². The van der Waals surface area contributed by atoms with Crippen molar-refractivity contribution in [2.45, 2.75) is 12.6 Å². The van der Waals surface area contributed by atoms with Gasteiger partial charge in [-0.1, -0.05) is 30.3 Å². The fraction of sp³-hybridized carbons (Fsp3) is 0.333. The topological polar surface area (TPSA) is 84.5 Å². The van der Waals surface area contributed by atoms with Crippen LogP contribution in [-0.2, 0) is 11.3 Å². The molecule has 0 aliphatic carbocycles. The van der Waals surface area contributed by atoms with Crippen LogP contribution in [0.1, 0.15) is 22.1 Å². The summed E-state index contributed by atoms with van der Waals surface area (Å²) in [6, 6.07) is 11.8. The number of carbonyl (C=O) groups excluding carboxylic acids is 2. The molecule has 8 heteroatoms. The van der Waals surface area contributed by atoms with Gasteiger partial charge in [-0.2, -0.15) is 5.10 Å². The Morgan fingerprint density at radius 1 is 1.10 bits per heavy atom. The highest BCUT2D eigenvalue weighted by atomic mass is 16.3. The molecule has 2 aliphatic rings. The van der Waals surface area contributed by atoms with E-state index in [0.29, 0.717) is 25.3 Å². The van der Waals surface area contributed by atoms with Gasteiger partial charge in [-0.05, 0) is 11.6 Å². The molecule has 2 aliphatic heterocycles. The van der Waals surface area contributed by atoms with Crippen molar-refractivity contribution < 1.29 is 14.0 Å². The third-order valence-electron chi connectivity index (χ3n) is 5.92. The summed E-state index contributed by atoms with van der Waals surface area (Å²) in [5, 5.41) is 4.16. The Kier molecular flexibility index (Phi) is 4.38. The Morgan fingerprint density at radius 2 is 1.97 bits per heavy atom. The number of likely N-dealkylation sites (tertiary alicyclic amines) is 2. The van der Waals surface area contributed by atoms with Gasteiger partial charge in [0.25, 0.3) is 5.91 Å². The molecule has 148 valence electrons. The average Bonchev–Trinajstić information content (AvgIpc) is 3.51. The molecule has 0 saturated carbocycles. The highest BCUT2D eigenvalue weighted by molar-refractivity contribution is 5.92. The first-order chi connectivity index (χ1) is 14.2. The third-order valence-corrected chi connectivity index (χ3v) is 5.92. The van der Waals surface area contributed by atoms with Crippen LogP contribution >= 0.6 is 0 Å². The van der Waals surface area contributed by atoms with Crippen LogP contribution in [0.15, 0.2) is 65.9 Å². The van der Waals surface area contributed by atoms with Crippen LogP contribution < -0.4 is 0 Å². The van der Waals surface area contributed by atoms with E-state index in [9.17, 15) is 9.59 Å². The van der Waals surface area contributed by atoms with Crippen molar-refractivity contribution >= 4 is 11.8 Å². The fourth-order valence-electron chi connectivity index (χ4n) is 4.65. The van der Waals surface area contributed by atoms with Gasteiger partial charge < -0.3 is 14.2 Å². The largest absolute Gasteiger partial charge is 0.451 e. The molecule has 0 radical (unpaired) electrons. The molecule has 2 aromatic heterocycles. The van der Waals surface area contributed by atoms with Crippen molar-refractivity contribution in [2.75, 3.05) is 19.6 Å². The summed E-state index contributed by atoms with van der Waals surface area (Å²) in [7, 11) is 0. The van der Waals surface area contributed by atoms with Crippen LogP contribution in [0.4, 0.5) is 0 Å². The molecule has 1 aromatic carbocycles. The molecule has 29 heavy (non-hydrogen) atoms. The Morgan fingerprint density at radius 3 is 2.69 bits per heavy atom. The van der Waals surface area contributed by atoms with Crippen LogP contribution in [0.2, 0.25) is 0 Å². The number of hydrogen-bond donors (Lipinski definition) is 0. The number of oxazole rings is 1. The highest BCUT2D eigenvalue weighted by Crippen LogP contribution is 2.45. The fourth-order valence-corrected chi connectivity index (χ4v) is 4.65. The van der Waals surface area contributed by atoms with Gasteiger partial charge in [0.15, 0.2) is 12.1 Å². The zero-order chi connectivity index (χ0) is 19.8. The minimum atomic E-state index is -0.116. The first kappa shape index (κ1) is 17.7. The van der Waals surface area contributed by atoms with E-state index in [2.05, 4.69) is 22.2 Å². The minimum Gasteiger partial charge on any atom is -0.451 e. The molecule has 8 nitrogen and oxygen atoms in total. The number of fused-ring (bicyclic) bond motifs is 1. The van der Waals surface area contributed by atoms with Gasteiger partial charge in [-0.15, -0.1) is 0 Å². The molecule has 3 atom stereocenters. The third kappa shape index (κ3) is 3.20. The number of nitrogens with zero attached hydrogens (tertiary/aromatic N) is 5. The van der Waals surface area contributed by atoms with Crippen LogP contribution in [0.5, 0.6) is 0 Å². The van der Waals surface area contributed by atoms with Gasteiger partial charge >= 0.3 is 0 Å². The van der Waals surface area contributed by atoms with Crippen molar-refractivity contribution in [2.24, 2.45) is 11.8 Å². The molecule has 4 heterocycles. The summed E-state index contributed by atoms with van der Waals surface area (Å²) in [5.74, 6) is 0.355. The van der Waals surface area contributed by atoms with Gasteiger partial charge in [0.1, 0.15) is 12.8 Å². The van der Waals surface area contributed by atoms with E-state index in [1.54, 1.807) is 17.1 Å². The van der Waals surface area contributed by atoms with Crippen LogP contribution in [0, 0.1) is 11.8 Å². The maximum atomic E-state index is 13.1. The van der Waals surface area contributed by atoms with E-state index < -0.39 is 0 Å². The van der Waals surface area contributed by atoms with E-state index in [-0.39, 0.29) is 36.2 Å². The zero-order valence-corrected chi connectivity index (χ0v) is 15.8. The monoisotopic (exact) mass is 391 g/mol. The van der Waals surface area contributed by atoms with Crippen LogP contribution in [0.25, 0.3) is 0 Å². The lowest BCUT2D eigenvalue weighted by atomic mass is 9.89. The standard InChI is InChI=1S/C21H21N5O3/c27-19(12-25-8-4-7-23-25)26-10-16-9-24(21(28)18-13-29-14-22-18)11-17(16)20(26)15-5-2-1-3-6-15/h1-8,13-14,16-17,20H,9-12H2/t16-,17-,20-/m0/s1. The molecule has 2 fully saturated rings. The highest BCUT2D eigenvalue weighted by Gasteiger charge is 2.50. The van der Waals surface area contributed by atoms with Gasteiger partial charge in [0.05, 0.1) is 6.04 Å². The summed E-state index contributed by atoms with van der Waals surface area (Å²) in [4.78, 5) is 33.6. The van der Waals surface area contributed by atoms with E-state index in [4.69, 9.17) is 4.42 Å². The SMILES string of the molecule is O=C(c1cocn1)N1C[C@H]2CN(C(=O)Cn3cccn3)[C@@H](c3ccccc3)[C@H]2C1. The normalized spacial score (nSPS) is 23.4. The Bertz CT molecular complexity index is 987. The maximum absolute atomic E-state index is 13.1. The molecular formula is C21H21N5O3. The van der Waals surface area contributed by atoms with Gasteiger partial charge in [0, 0.05) is 43.9 Å². The number of hydrogen-bond acceptors (Lipinski definition) is 5. The molecule has 0 bridgehead atoms. The molecule has 0 unspecified atom stereocenters. The minimum absolute atomic E-state index is 0.0475. The zero-order valence-electron chi connectivity index (χ0n) is 15.8. The molecule has 2 saturated heterocycles. The first-order valence-electron chi connectivity index (χ1n) is 9.70. The lowest BCUT2D eigenvalue weighted by Gasteiger charge is -2.30. The Labute approximate surface area is 167 Å². The van der Waals surface area contributed by atoms with Crippen molar-refractivity contribution in [1.82, 2.24) is 24.6 Å². The van der Waals surface area contributed by atoms with Crippen molar-refractivity contribution in [3.8, 4) is 0 Å². The van der Waals surface area contributed by atoms with Crippen molar-refractivity contribution in [1.29, 1.82) is 0 Å². The van der Waals surface area contributed by atoms with E-state index in [1.807, 2.05) is 34.1 Å². The van der Waals surface area contributed by atoms with E-state index >= 15 is 0 Å². The molecule has 0 N–H and O–H groups in total. The number of rotatable bonds is 4. The van der Waals surface area contributed by atoms with E-state index in [1.165, 1.54) is 12.7 Å². The summed E-state index contributed by atoms with van der Waals surface area (Å²) in [6.45, 7) is 2.07. The molecule has 0 spiro atoms. The lowest BCUT2D eigenvalue weighted by Crippen LogP contribution is -2.39. The number of aromatic nitrogens is 3. The Hall–Kier alpha value is -3.42. The average molecular weight is 391 g/mol. The van der Waals surface area contributed by atoms with Crippen molar-refractivity contribution in [3.05, 3.63) is 72.7 Å². The lowest BCUT2D eigenvalue weighted by molar-refractivity contribution is -0.133. The predicted octanol–water partition coefficient (Wildman–Crippen LogP) is 1.84. The maximum Gasteiger partial charge on any atom is 0.275 e. The Balaban J connectivity index is 1.40. The number of amides is 2. The first-order valence-corrected chi connectivity index (χ1v) is 9.70. The molecule has 2 amide bonds. The molecule has 3 aromatic rings. The summed E-state index contributed by atoms with van der Waals surface area (Å²) >= 11 is 0. The number of benzene rings is 1.